The normalized spacial score (nSPS) is 15.6. The standard InChI is InChI=1S/C11H13ClN4.C11H14N4O.C8H11N.Cl3OP/c12-10-9-6-15-16(11(9)14-7-13-10)8-4-2-1-3-5-8;16-11-9-6-14-15(10(9)12-7-13-11)8-4-2-1-3-5-8;1-9(2)8-6-4-3-5-7-8;1-5(2,3)4/h6-8H,1-5H2;6-8H,1-5H2,(H,12,13,16);3-7H,1-2H3;. The molecule has 1 N–H and O–H groups in total. The lowest BCUT2D eigenvalue weighted by Gasteiger charge is -2.22. The van der Waals surface area contributed by atoms with E-state index in [1.807, 2.05) is 41.7 Å². The third-order valence-electron chi connectivity index (χ3n) is 7.85. The molecule has 1 aromatic carbocycles. The van der Waals surface area contributed by atoms with Crippen molar-refractivity contribution in [3.8, 4) is 0 Å². The van der Waals surface area contributed by atoms with Gasteiger partial charge in [0.15, 0.2) is 11.3 Å². The molecule has 2 fully saturated rings. The average molecular weight is 729 g/mol. The van der Waals surface area contributed by atoms with E-state index in [9.17, 15) is 9.36 Å². The Balaban J connectivity index is 0.000000151. The minimum absolute atomic E-state index is 0.105. The predicted molar refractivity (Wildman–Crippen MR) is 189 cm³/mol. The number of benzene rings is 1. The Morgan fingerprint density at radius 2 is 1.28 bits per heavy atom. The zero-order valence-corrected chi connectivity index (χ0v) is 29.7. The second kappa shape index (κ2) is 17.5. The van der Waals surface area contributed by atoms with Gasteiger partial charge >= 0.3 is 5.20 Å². The van der Waals surface area contributed by atoms with Gasteiger partial charge in [-0.1, -0.05) is 68.3 Å². The molecule has 0 spiro atoms. The predicted octanol–water partition coefficient (Wildman–Crippen LogP) is 9.17. The van der Waals surface area contributed by atoms with E-state index in [4.69, 9.17) is 11.6 Å². The fourth-order valence-electron chi connectivity index (χ4n) is 5.62. The smallest absolute Gasteiger partial charge is 0.339 e. The van der Waals surface area contributed by atoms with Crippen LogP contribution in [0.15, 0.2) is 60.2 Å². The number of hydrogen-bond donors (Lipinski definition) is 1. The summed E-state index contributed by atoms with van der Waals surface area (Å²) in [5, 5.41) is 7.44. The van der Waals surface area contributed by atoms with Crippen molar-refractivity contribution < 1.29 is 4.57 Å². The van der Waals surface area contributed by atoms with Gasteiger partial charge in [0.25, 0.3) is 5.56 Å². The highest BCUT2D eigenvalue weighted by Crippen LogP contribution is 2.61. The van der Waals surface area contributed by atoms with Crippen LogP contribution in [0.1, 0.15) is 76.3 Å². The van der Waals surface area contributed by atoms with E-state index >= 15 is 0 Å². The largest absolute Gasteiger partial charge is 0.378 e. The lowest BCUT2D eigenvalue weighted by molar-refractivity contribution is 0.336. The van der Waals surface area contributed by atoms with Crippen LogP contribution in [0, 0.1) is 0 Å². The zero-order chi connectivity index (χ0) is 33.1. The van der Waals surface area contributed by atoms with Gasteiger partial charge in [0.05, 0.1) is 36.2 Å². The molecule has 5 aromatic rings. The Labute approximate surface area is 287 Å². The molecule has 0 atom stereocenters. The summed E-state index contributed by atoms with van der Waals surface area (Å²) in [6.07, 6.45) is 18.7. The summed E-state index contributed by atoms with van der Waals surface area (Å²) in [5.41, 5.74) is 2.73. The molecule has 46 heavy (non-hydrogen) atoms. The van der Waals surface area contributed by atoms with E-state index in [2.05, 4.69) is 80.9 Å². The Kier molecular flexibility index (Phi) is 13.7. The number of nitrogens with one attached hydrogen (secondary N) is 1. The number of H-pyrrole nitrogens is 1. The Morgan fingerprint density at radius 3 is 1.78 bits per heavy atom. The molecule has 4 aromatic heterocycles. The summed E-state index contributed by atoms with van der Waals surface area (Å²) in [6, 6.07) is 11.2. The second-order valence-corrected chi connectivity index (χ2v) is 18.3. The van der Waals surface area contributed by atoms with Crippen molar-refractivity contribution in [2.75, 3.05) is 19.0 Å². The van der Waals surface area contributed by atoms with E-state index in [-0.39, 0.29) is 5.56 Å². The van der Waals surface area contributed by atoms with Crippen molar-refractivity contribution in [1.82, 2.24) is 39.5 Å². The van der Waals surface area contributed by atoms with Gasteiger partial charge in [0, 0.05) is 19.8 Å². The van der Waals surface area contributed by atoms with Gasteiger partial charge in [0.2, 0.25) is 0 Å². The maximum absolute atomic E-state index is 11.5. The van der Waals surface area contributed by atoms with Gasteiger partial charge in [-0.25, -0.2) is 24.3 Å². The van der Waals surface area contributed by atoms with Gasteiger partial charge in [-0.2, -0.15) is 10.2 Å². The number of hydrogen-bond acceptors (Lipinski definition) is 8. The fourth-order valence-corrected chi connectivity index (χ4v) is 5.80. The first-order chi connectivity index (χ1) is 22.0. The first kappa shape index (κ1) is 36.2. The summed E-state index contributed by atoms with van der Waals surface area (Å²) >= 11 is 19.9. The van der Waals surface area contributed by atoms with Crippen molar-refractivity contribution in [2.24, 2.45) is 0 Å². The van der Waals surface area contributed by atoms with E-state index < -0.39 is 5.20 Å². The second-order valence-electron chi connectivity index (χ2n) is 11.3. The van der Waals surface area contributed by atoms with E-state index in [0.717, 1.165) is 29.5 Å². The number of halogens is 4. The first-order valence-electron chi connectivity index (χ1n) is 15.2. The summed E-state index contributed by atoms with van der Waals surface area (Å²) in [7, 11) is 4.07. The summed E-state index contributed by atoms with van der Waals surface area (Å²) in [6.45, 7) is 0. The minimum Gasteiger partial charge on any atom is -0.378 e. The number of rotatable bonds is 3. The van der Waals surface area contributed by atoms with Gasteiger partial charge in [-0.15, -0.1) is 0 Å². The van der Waals surface area contributed by atoms with Crippen molar-refractivity contribution in [3.05, 3.63) is 70.9 Å². The molecular formula is C30H38Cl4N9O2P. The fraction of sp³-hybridized carbons (Fsp3) is 0.467. The van der Waals surface area contributed by atoms with E-state index in [1.54, 1.807) is 12.4 Å². The molecule has 2 aliphatic carbocycles. The van der Waals surface area contributed by atoms with Crippen LogP contribution < -0.4 is 10.5 Å². The van der Waals surface area contributed by atoms with Gasteiger partial charge in [-0.3, -0.25) is 9.36 Å². The van der Waals surface area contributed by atoms with Crippen molar-refractivity contribution in [2.45, 2.75) is 76.3 Å². The molecule has 2 aliphatic rings. The Bertz CT molecular complexity index is 1750. The lowest BCUT2D eigenvalue weighted by atomic mass is 9.96. The molecule has 0 aliphatic heterocycles. The highest BCUT2D eigenvalue weighted by Gasteiger charge is 2.20. The first-order valence-corrected chi connectivity index (χ1v) is 20.0. The highest BCUT2D eigenvalue weighted by molar-refractivity contribution is 8.24. The van der Waals surface area contributed by atoms with Crippen LogP contribution in [0.3, 0.4) is 0 Å². The average Bonchev–Trinajstić information content (AvgIpc) is 3.69. The number of anilines is 1. The van der Waals surface area contributed by atoms with Crippen molar-refractivity contribution in [3.63, 3.8) is 0 Å². The van der Waals surface area contributed by atoms with Crippen LogP contribution in [0.2, 0.25) is 5.15 Å². The highest BCUT2D eigenvalue weighted by atomic mass is 36.0. The quantitative estimate of drug-likeness (QED) is 0.144. The van der Waals surface area contributed by atoms with Gasteiger partial charge in [-0.05, 0) is 71.5 Å². The summed E-state index contributed by atoms with van der Waals surface area (Å²) < 4.78 is 13.4. The maximum Gasteiger partial charge on any atom is 0.339 e. The SMILES string of the molecule is CN(C)c1ccccc1.Clc1ncnc2c1cnn2C1CCCCC1.O=P(Cl)(Cl)Cl.O=c1[nH]cnc2c1cnn2C1CCCCC1. The number of aromatic nitrogens is 8. The van der Waals surface area contributed by atoms with Crippen molar-refractivity contribution >= 4 is 78.3 Å². The van der Waals surface area contributed by atoms with E-state index in [1.165, 1.54) is 69.7 Å². The monoisotopic (exact) mass is 727 g/mol. The number of fused-ring (bicyclic) bond motifs is 2. The van der Waals surface area contributed by atoms with Crippen LogP contribution in [-0.2, 0) is 4.57 Å². The molecule has 16 heteroatoms. The Morgan fingerprint density at radius 1 is 0.783 bits per heavy atom. The summed E-state index contributed by atoms with van der Waals surface area (Å²) in [4.78, 5) is 28.7. The van der Waals surface area contributed by atoms with Crippen LogP contribution in [0.5, 0.6) is 0 Å². The van der Waals surface area contributed by atoms with Gasteiger partial charge in [0.1, 0.15) is 16.9 Å². The maximum atomic E-state index is 11.5. The third-order valence-corrected chi connectivity index (χ3v) is 8.15. The summed E-state index contributed by atoms with van der Waals surface area (Å²) in [5.74, 6) is 0. The number of aromatic amines is 1. The van der Waals surface area contributed by atoms with Gasteiger partial charge < -0.3 is 9.88 Å². The minimum atomic E-state index is -3.22. The van der Waals surface area contributed by atoms with Crippen LogP contribution in [-0.4, -0.2) is 53.6 Å². The molecule has 0 radical (unpaired) electrons. The molecule has 11 nitrogen and oxygen atoms in total. The van der Waals surface area contributed by atoms with Crippen LogP contribution >= 0.6 is 50.5 Å². The molecule has 2 saturated carbocycles. The third kappa shape index (κ3) is 10.7. The number of para-hydroxylation sites is 1. The lowest BCUT2D eigenvalue weighted by Crippen LogP contribution is -2.15. The topological polar surface area (TPSA) is 127 Å². The molecule has 0 unspecified atom stereocenters. The molecule has 4 heterocycles. The number of nitrogens with zero attached hydrogens (tertiary/aromatic N) is 8. The van der Waals surface area contributed by atoms with E-state index in [0.29, 0.717) is 22.6 Å². The molecule has 248 valence electrons. The van der Waals surface area contributed by atoms with Crippen LogP contribution in [0.25, 0.3) is 22.1 Å². The molecule has 7 rings (SSSR count). The molecule has 0 saturated heterocycles. The molecular weight excluding hydrogens is 691 g/mol. The Hall–Kier alpha value is -2.69. The molecule has 0 amide bonds. The van der Waals surface area contributed by atoms with Crippen molar-refractivity contribution in [1.29, 1.82) is 0 Å². The molecule has 0 bridgehead atoms. The zero-order valence-electron chi connectivity index (χ0n) is 25.8. The van der Waals surface area contributed by atoms with Crippen LogP contribution in [0.4, 0.5) is 5.69 Å².